The topological polar surface area (TPSA) is 119 Å². The summed E-state index contributed by atoms with van der Waals surface area (Å²) in [6, 6.07) is 3.36. The van der Waals surface area contributed by atoms with Gasteiger partial charge < -0.3 is 15.4 Å². The second-order valence-electron chi connectivity index (χ2n) is 8.82. The van der Waals surface area contributed by atoms with E-state index >= 15 is 0 Å². The van der Waals surface area contributed by atoms with Crippen molar-refractivity contribution in [1.29, 1.82) is 0 Å². The Bertz CT molecular complexity index is 1410. The van der Waals surface area contributed by atoms with E-state index in [1.54, 1.807) is 13.8 Å². The Morgan fingerprint density at radius 3 is 2.43 bits per heavy atom. The zero-order chi connectivity index (χ0) is 26.4. The first kappa shape index (κ1) is 24.3. The van der Waals surface area contributed by atoms with Crippen molar-refractivity contribution < 1.29 is 27.5 Å². The first-order valence-electron chi connectivity index (χ1n) is 11.4. The fourth-order valence-electron chi connectivity index (χ4n) is 4.47. The number of primary amides is 1. The number of nitrogens with zero attached hydrogens (tertiary/aromatic N) is 6. The van der Waals surface area contributed by atoms with Gasteiger partial charge in [-0.2, -0.15) is 10.2 Å². The molecule has 0 spiro atoms. The van der Waals surface area contributed by atoms with Gasteiger partial charge in [0, 0.05) is 24.8 Å². The van der Waals surface area contributed by atoms with Crippen LogP contribution in [-0.2, 0) is 0 Å². The fraction of sp³-hybridized carbons (Fsp3) is 0.292. The van der Waals surface area contributed by atoms with E-state index < -0.39 is 41.5 Å². The van der Waals surface area contributed by atoms with Gasteiger partial charge >= 0.3 is 6.03 Å². The summed E-state index contributed by atoms with van der Waals surface area (Å²) in [6.07, 6.45) is 2.30. The summed E-state index contributed by atoms with van der Waals surface area (Å²) < 4.78 is 49.0. The summed E-state index contributed by atoms with van der Waals surface area (Å²) in [5.41, 5.74) is 6.83. The minimum absolute atomic E-state index is 0.0948. The van der Waals surface area contributed by atoms with Crippen LogP contribution in [0, 0.1) is 31.3 Å². The number of halogens is 3. The number of carbonyl (C=O) groups excluding carboxylic acids is 2. The van der Waals surface area contributed by atoms with Crippen LogP contribution in [0.15, 0.2) is 35.6 Å². The molecular formula is C24H22F3N7O3. The third-order valence-corrected chi connectivity index (χ3v) is 6.27. The van der Waals surface area contributed by atoms with Gasteiger partial charge in [0.25, 0.3) is 5.91 Å². The van der Waals surface area contributed by atoms with Crippen molar-refractivity contribution in [1.82, 2.24) is 24.7 Å². The smallest absolute Gasteiger partial charge is 0.341 e. The number of amides is 3. The lowest BCUT2D eigenvalue weighted by atomic mass is 10.0. The number of aromatic nitrogens is 3. The Morgan fingerprint density at radius 2 is 1.78 bits per heavy atom. The predicted molar refractivity (Wildman–Crippen MR) is 125 cm³/mol. The van der Waals surface area contributed by atoms with E-state index in [-0.39, 0.29) is 30.2 Å². The molecule has 192 valence electrons. The number of hydrogen-bond acceptors (Lipinski definition) is 6. The van der Waals surface area contributed by atoms with Gasteiger partial charge in [-0.05, 0) is 31.5 Å². The van der Waals surface area contributed by atoms with Crippen LogP contribution in [0.2, 0.25) is 0 Å². The maximum atomic E-state index is 14.5. The first-order chi connectivity index (χ1) is 17.6. The average molecular weight is 513 g/mol. The summed E-state index contributed by atoms with van der Waals surface area (Å²) in [4.78, 5) is 30.1. The molecule has 0 aliphatic carbocycles. The monoisotopic (exact) mass is 513 g/mol. The number of aryl methyl sites for hydroxylation is 1. The second-order valence-corrected chi connectivity index (χ2v) is 8.82. The van der Waals surface area contributed by atoms with E-state index in [0.717, 1.165) is 12.3 Å². The minimum Gasteiger partial charge on any atom is -0.483 e. The number of rotatable bonds is 5. The van der Waals surface area contributed by atoms with Crippen LogP contribution in [0.4, 0.5) is 18.0 Å². The number of pyridine rings is 1. The van der Waals surface area contributed by atoms with Crippen molar-refractivity contribution in [3.8, 4) is 11.6 Å². The molecule has 10 nitrogen and oxygen atoms in total. The lowest BCUT2D eigenvalue weighted by Gasteiger charge is -2.41. The van der Waals surface area contributed by atoms with Gasteiger partial charge in [-0.15, -0.1) is 0 Å². The summed E-state index contributed by atoms with van der Waals surface area (Å²) >= 11 is 0. The van der Waals surface area contributed by atoms with Gasteiger partial charge in [-0.3, -0.25) is 4.79 Å². The maximum absolute atomic E-state index is 14.5. The predicted octanol–water partition coefficient (Wildman–Crippen LogP) is 3.02. The fourth-order valence-corrected chi connectivity index (χ4v) is 4.47. The highest BCUT2D eigenvalue weighted by atomic mass is 19.1. The van der Waals surface area contributed by atoms with Crippen LogP contribution in [0.5, 0.6) is 5.75 Å². The molecule has 3 amide bonds. The van der Waals surface area contributed by atoms with E-state index in [2.05, 4.69) is 15.2 Å². The molecule has 0 bridgehead atoms. The highest BCUT2D eigenvalue weighted by molar-refractivity contribution is 5.95. The Hall–Kier alpha value is -4.42. The lowest BCUT2D eigenvalue weighted by Crippen LogP contribution is -2.58. The van der Waals surface area contributed by atoms with E-state index in [0.29, 0.717) is 23.4 Å². The Morgan fingerprint density at radius 1 is 1.08 bits per heavy atom. The SMILES string of the molecule is Cc1nn(-c2cc(OC3CN(C(=O)N4N=CCC4c4cc(F)cc(F)c4)C3)c(F)cn2)c(C)c1C(N)=O. The molecule has 1 saturated heterocycles. The third-order valence-electron chi connectivity index (χ3n) is 6.27. The van der Waals surface area contributed by atoms with Crippen molar-refractivity contribution in [3.63, 3.8) is 0 Å². The van der Waals surface area contributed by atoms with Crippen LogP contribution < -0.4 is 10.5 Å². The van der Waals surface area contributed by atoms with Gasteiger partial charge in [-0.1, -0.05) is 0 Å². The molecule has 1 fully saturated rings. The standard InChI is InChI=1S/C24H22F3N7O3/c1-12-22(23(28)35)13(2)33(31-12)21-8-20(18(27)9-29-21)37-17-10-32(11-17)24(36)34-19(3-4-30-34)14-5-15(25)7-16(26)6-14/h4-9,17,19H,3,10-11H2,1-2H3,(H2,28,35). The largest absolute Gasteiger partial charge is 0.483 e. The van der Waals surface area contributed by atoms with Crippen LogP contribution in [0.1, 0.15) is 39.8 Å². The number of hydrazone groups is 1. The second kappa shape index (κ2) is 9.22. The molecule has 0 radical (unpaired) electrons. The molecule has 1 atom stereocenters. The van der Waals surface area contributed by atoms with E-state index in [4.69, 9.17) is 10.5 Å². The highest BCUT2D eigenvalue weighted by Gasteiger charge is 2.39. The molecule has 5 rings (SSSR count). The average Bonchev–Trinajstić information content (AvgIpc) is 3.40. The van der Waals surface area contributed by atoms with Gasteiger partial charge in [0.15, 0.2) is 17.4 Å². The maximum Gasteiger partial charge on any atom is 0.341 e. The molecule has 4 heterocycles. The highest BCUT2D eigenvalue weighted by Crippen LogP contribution is 2.32. The molecule has 2 aliphatic heterocycles. The zero-order valence-corrected chi connectivity index (χ0v) is 19.9. The number of benzene rings is 1. The van der Waals surface area contributed by atoms with Gasteiger partial charge in [0.1, 0.15) is 17.7 Å². The number of carbonyl (C=O) groups is 2. The summed E-state index contributed by atoms with van der Waals surface area (Å²) in [5, 5.41) is 9.51. The van der Waals surface area contributed by atoms with Crippen molar-refractivity contribution in [2.45, 2.75) is 32.4 Å². The van der Waals surface area contributed by atoms with Gasteiger partial charge in [0.05, 0.1) is 42.3 Å². The van der Waals surface area contributed by atoms with Crippen LogP contribution in [0.3, 0.4) is 0 Å². The number of likely N-dealkylation sites (tertiary alicyclic amines) is 1. The molecule has 1 unspecified atom stereocenters. The summed E-state index contributed by atoms with van der Waals surface area (Å²) in [6.45, 7) is 3.58. The Kier molecular flexibility index (Phi) is 6.05. The normalized spacial score (nSPS) is 17.3. The molecule has 2 aliphatic rings. The van der Waals surface area contributed by atoms with Crippen molar-refractivity contribution >= 4 is 18.2 Å². The number of urea groups is 1. The first-order valence-corrected chi connectivity index (χ1v) is 11.4. The molecular weight excluding hydrogens is 491 g/mol. The van der Waals surface area contributed by atoms with E-state index in [9.17, 15) is 22.8 Å². The number of nitrogens with two attached hydrogens (primary N) is 1. The zero-order valence-electron chi connectivity index (χ0n) is 19.9. The third kappa shape index (κ3) is 4.47. The Balaban J connectivity index is 1.26. The summed E-state index contributed by atoms with van der Waals surface area (Å²) in [5.74, 6) is -2.68. The number of ether oxygens (including phenoxy) is 1. The van der Waals surface area contributed by atoms with Crippen molar-refractivity contribution in [3.05, 3.63) is 70.4 Å². The molecule has 0 saturated carbocycles. The van der Waals surface area contributed by atoms with Crippen LogP contribution >= 0.6 is 0 Å². The van der Waals surface area contributed by atoms with Crippen molar-refractivity contribution in [2.75, 3.05) is 13.1 Å². The minimum atomic E-state index is -0.739. The van der Waals surface area contributed by atoms with E-state index in [1.807, 2.05) is 0 Å². The Labute approximate surface area is 209 Å². The summed E-state index contributed by atoms with van der Waals surface area (Å²) in [7, 11) is 0. The molecule has 13 heteroatoms. The van der Waals surface area contributed by atoms with Crippen LogP contribution in [-0.4, -0.2) is 62.0 Å². The number of hydrogen-bond donors (Lipinski definition) is 1. The van der Waals surface area contributed by atoms with Crippen molar-refractivity contribution in [2.24, 2.45) is 10.8 Å². The molecule has 37 heavy (non-hydrogen) atoms. The van der Waals surface area contributed by atoms with E-state index in [1.165, 1.54) is 39.0 Å². The lowest BCUT2D eigenvalue weighted by molar-refractivity contribution is 0.0256. The van der Waals surface area contributed by atoms with Gasteiger partial charge in [-0.25, -0.2) is 32.6 Å². The van der Waals surface area contributed by atoms with Crippen LogP contribution in [0.25, 0.3) is 5.82 Å². The molecule has 2 aromatic heterocycles. The molecule has 1 aromatic carbocycles. The molecule has 3 aromatic rings. The molecule has 2 N–H and O–H groups in total. The quantitative estimate of drug-likeness (QED) is 0.563. The van der Waals surface area contributed by atoms with Gasteiger partial charge in [0.2, 0.25) is 0 Å².